The first-order valence-corrected chi connectivity index (χ1v) is 9.25. The van der Waals surface area contributed by atoms with Crippen molar-refractivity contribution in [2.24, 2.45) is 0 Å². The minimum atomic E-state index is -0.924. The lowest BCUT2D eigenvalue weighted by Crippen LogP contribution is -2.51. The van der Waals surface area contributed by atoms with Gasteiger partial charge in [0, 0.05) is 0 Å². The number of rotatable bonds is 6. The zero-order chi connectivity index (χ0) is 20.5. The highest BCUT2D eigenvalue weighted by Gasteiger charge is 2.44. The van der Waals surface area contributed by atoms with E-state index in [0.29, 0.717) is 21.8 Å². The van der Waals surface area contributed by atoms with Gasteiger partial charge >= 0.3 is 0 Å². The van der Waals surface area contributed by atoms with E-state index in [1.807, 2.05) is 0 Å². The van der Waals surface area contributed by atoms with Crippen molar-refractivity contribution in [3.05, 3.63) is 64.7 Å². The van der Waals surface area contributed by atoms with Gasteiger partial charge in [0.1, 0.15) is 6.10 Å². The molecule has 0 saturated carbocycles. The zero-order valence-corrected chi connectivity index (χ0v) is 16.6. The number of imide groups is 1. The van der Waals surface area contributed by atoms with Crippen LogP contribution in [-0.2, 0) is 9.53 Å². The average molecular weight is 401 g/mol. The van der Waals surface area contributed by atoms with E-state index in [4.69, 9.17) is 16.3 Å². The molecule has 146 valence electrons. The summed E-state index contributed by atoms with van der Waals surface area (Å²) in [4.78, 5) is 38.9. The highest BCUT2D eigenvalue weighted by atomic mass is 35.5. The lowest BCUT2D eigenvalue weighted by atomic mass is 10.0. The Kier molecular flexibility index (Phi) is 5.54. The summed E-state index contributed by atoms with van der Waals surface area (Å²) in [5.41, 5.74) is 0.325. The summed E-state index contributed by atoms with van der Waals surface area (Å²) in [6.07, 6.45) is -0.800. The number of para-hydroxylation sites is 1. The Morgan fingerprint density at radius 3 is 2.18 bits per heavy atom. The Balaban J connectivity index is 1.65. The van der Waals surface area contributed by atoms with Crippen LogP contribution in [0.3, 0.4) is 0 Å². The molecule has 0 spiro atoms. The van der Waals surface area contributed by atoms with E-state index in [2.05, 4.69) is 5.32 Å². The fourth-order valence-electron chi connectivity index (χ4n) is 3.01. The van der Waals surface area contributed by atoms with Gasteiger partial charge in [0.05, 0.1) is 34.0 Å². The van der Waals surface area contributed by atoms with Crippen molar-refractivity contribution in [1.29, 1.82) is 0 Å². The normalized spacial score (nSPS) is 14.8. The summed E-state index contributed by atoms with van der Waals surface area (Å²) in [6, 6.07) is 13.6. The predicted octanol–water partition coefficient (Wildman–Crippen LogP) is 3.76. The van der Waals surface area contributed by atoms with Crippen LogP contribution >= 0.6 is 11.6 Å². The van der Waals surface area contributed by atoms with Crippen LogP contribution in [0.25, 0.3) is 0 Å². The van der Waals surface area contributed by atoms with Crippen molar-refractivity contribution >= 4 is 35.0 Å². The first-order chi connectivity index (χ1) is 13.2. The van der Waals surface area contributed by atoms with Gasteiger partial charge in [-0.1, -0.05) is 35.9 Å². The highest BCUT2D eigenvalue weighted by molar-refractivity contribution is 6.33. The van der Waals surface area contributed by atoms with Crippen LogP contribution in [0.2, 0.25) is 5.02 Å². The summed E-state index contributed by atoms with van der Waals surface area (Å²) in [7, 11) is 0. The second-order valence-electron chi connectivity index (χ2n) is 7.23. The number of hydrogen-bond acceptors (Lipinski definition) is 4. The van der Waals surface area contributed by atoms with E-state index in [0.717, 1.165) is 0 Å². The SMILES string of the molecule is CC(OCC(C)(C)N1C(=O)c2ccccc2C1=O)C(=O)Nc1ccccc1Cl. The molecule has 7 heteroatoms. The van der Waals surface area contributed by atoms with Crippen LogP contribution in [0.15, 0.2) is 48.5 Å². The molecular formula is C21H21ClN2O4. The number of hydrogen-bond donors (Lipinski definition) is 1. The van der Waals surface area contributed by atoms with Gasteiger partial charge in [-0.15, -0.1) is 0 Å². The van der Waals surface area contributed by atoms with Crippen molar-refractivity contribution in [3.63, 3.8) is 0 Å². The summed E-state index contributed by atoms with van der Waals surface area (Å²) in [5.74, 6) is -1.09. The van der Waals surface area contributed by atoms with Crippen LogP contribution in [0.5, 0.6) is 0 Å². The maximum absolute atomic E-state index is 12.7. The second-order valence-corrected chi connectivity index (χ2v) is 7.63. The Labute approximate surface area is 168 Å². The van der Waals surface area contributed by atoms with Gasteiger partial charge in [0.25, 0.3) is 17.7 Å². The third-order valence-corrected chi connectivity index (χ3v) is 4.92. The molecule has 1 heterocycles. The Hall–Kier alpha value is -2.70. The molecule has 1 aliphatic rings. The minimum Gasteiger partial charge on any atom is -0.366 e. The number of carbonyl (C=O) groups excluding carboxylic acids is 3. The van der Waals surface area contributed by atoms with Crippen molar-refractivity contribution in [2.75, 3.05) is 11.9 Å². The van der Waals surface area contributed by atoms with Crippen molar-refractivity contribution in [2.45, 2.75) is 32.4 Å². The molecule has 1 unspecified atom stereocenters. The number of anilines is 1. The van der Waals surface area contributed by atoms with Crippen LogP contribution in [0.4, 0.5) is 5.69 Å². The molecule has 1 atom stereocenters. The van der Waals surface area contributed by atoms with Gasteiger partial charge in [-0.25, -0.2) is 0 Å². The van der Waals surface area contributed by atoms with Crippen LogP contribution < -0.4 is 5.32 Å². The standard InChI is InChI=1S/C21H21ClN2O4/c1-13(18(25)23-17-11-7-6-10-16(17)22)28-12-21(2,3)24-19(26)14-8-4-5-9-15(14)20(24)27/h4-11,13H,12H2,1-3H3,(H,23,25). The van der Waals surface area contributed by atoms with Crippen molar-refractivity contribution in [1.82, 2.24) is 4.90 Å². The van der Waals surface area contributed by atoms with Crippen molar-refractivity contribution < 1.29 is 19.1 Å². The third-order valence-electron chi connectivity index (χ3n) is 4.59. The molecular weight excluding hydrogens is 380 g/mol. The number of nitrogens with zero attached hydrogens (tertiary/aromatic N) is 1. The molecule has 3 rings (SSSR count). The molecule has 6 nitrogen and oxygen atoms in total. The largest absolute Gasteiger partial charge is 0.366 e. The van der Waals surface area contributed by atoms with Gasteiger partial charge in [-0.3, -0.25) is 19.3 Å². The highest BCUT2D eigenvalue weighted by Crippen LogP contribution is 2.30. The summed E-state index contributed by atoms with van der Waals surface area (Å²) < 4.78 is 5.69. The van der Waals surface area contributed by atoms with Gasteiger partial charge in [-0.05, 0) is 45.0 Å². The maximum atomic E-state index is 12.7. The summed E-state index contributed by atoms with van der Waals surface area (Å²) in [6.45, 7) is 5.07. The lowest BCUT2D eigenvalue weighted by Gasteiger charge is -2.34. The molecule has 0 radical (unpaired) electrons. The Bertz CT molecular complexity index is 907. The molecule has 0 aliphatic carbocycles. The van der Waals surface area contributed by atoms with Gasteiger partial charge in [0.2, 0.25) is 0 Å². The minimum absolute atomic E-state index is 0.00950. The molecule has 0 saturated heterocycles. The molecule has 0 fully saturated rings. The van der Waals surface area contributed by atoms with Crippen LogP contribution in [0, 0.1) is 0 Å². The number of benzene rings is 2. The number of halogens is 1. The van der Waals surface area contributed by atoms with E-state index in [-0.39, 0.29) is 24.3 Å². The summed E-state index contributed by atoms with van der Waals surface area (Å²) in [5, 5.41) is 3.13. The van der Waals surface area contributed by atoms with E-state index in [9.17, 15) is 14.4 Å². The van der Waals surface area contributed by atoms with Gasteiger partial charge < -0.3 is 10.1 Å². The van der Waals surface area contributed by atoms with Crippen LogP contribution in [-0.4, -0.2) is 40.9 Å². The molecule has 28 heavy (non-hydrogen) atoms. The molecule has 2 aromatic carbocycles. The van der Waals surface area contributed by atoms with E-state index in [1.54, 1.807) is 69.3 Å². The molecule has 2 aromatic rings. The number of ether oxygens (including phenoxy) is 1. The van der Waals surface area contributed by atoms with Gasteiger partial charge in [0.15, 0.2) is 0 Å². The number of carbonyl (C=O) groups is 3. The molecule has 1 N–H and O–H groups in total. The number of amides is 3. The Morgan fingerprint density at radius 1 is 1.07 bits per heavy atom. The second kappa shape index (κ2) is 7.73. The quantitative estimate of drug-likeness (QED) is 0.749. The topological polar surface area (TPSA) is 75.7 Å². The predicted molar refractivity (Wildman–Crippen MR) is 107 cm³/mol. The van der Waals surface area contributed by atoms with E-state index in [1.165, 1.54) is 4.90 Å². The Morgan fingerprint density at radius 2 is 1.61 bits per heavy atom. The van der Waals surface area contributed by atoms with Crippen molar-refractivity contribution in [3.8, 4) is 0 Å². The molecule has 3 amide bonds. The maximum Gasteiger partial charge on any atom is 0.262 e. The number of fused-ring (bicyclic) bond motifs is 1. The van der Waals surface area contributed by atoms with E-state index < -0.39 is 11.6 Å². The number of nitrogens with one attached hydrogen (secondary N) is 1. The summed E-state index contributed by atoms with van der Waals surface area (Å²) >= 11 is 6.05. The average Bonchev–Trinajstić information content (AvgIpc) is 2.93. The lowest BCUT2D eigenvalue weighted by molar-refractivity contribution is -0.128. The van der Waals surface area contributed by atoms with Crippen LogP contribution in [0.1, 0.15) is 41.5 Å². The van der Waals surface area contributed by atoms with E-state index >= 15 is 0 Å². The zero-order valence-electron chi connectivity index (χ0n) is 15.9. The first-order valence-electron chi connectivity index (χ1n) is 8.87. The molecule has 0 bridgehead atoms. The monoisotopic (exact) mass is 400 g/mol. The first kappa shape index (κ1) is 20.0. The third kappa shape index (κ3) is 3.79. The fraction of sp³-hybridized carbons (Fsp3) is 0.286. The fourth-order valence-corrected chi connectivity index (χ4v) is 3.19. The molecule has 0 aromatic heterocycles. The smallest absolute Gasteiger partial charge is 0.262 e. The molecule has 1 aliphatic heterocycles. The van der Waals surface area contributed by atoms with Gasteiger partial charge in [-0.2, -0.15) is 0 Å².